The smallest absolute Gasteiger partial charge is 0.131 e. The van der Waals surface area contributed by atoms with Gasteiger partial charge in [-0.1, -0.05) is 25.0 Å². The Bertz CT molecular complexity index is 580. The molecule has 0 saturated heterocycles. The third-order valence-electron chi connectivity index (χ3n) is 4.14. The summed E-state index contributed by atoms with van der Waals surface area (Å²) in [5.74, 6) is 1.14. The summed E-state index contributed by atoms with van der Waals surface area (Å²) in [7, 11) is 0. The molecule has 0 spiro atoms. The third kappa shape index (κ3) is 4.16. The van der Waals surface area contributed by atoms with Crippen LogP contribution in [-0.2, 0) is 6.42 Å². The Balaban J connectivity index is 2.17. The molecule has 1 unspecified atom stereocenters. The zero-order valence-corrected chi connectivity index (χ0v) is 14.3. The van der Waals surface area contributed by atoms with Crippen LogP contribution in [0.4, 0.5) is 0 Å². The molecular weight excluding hydrogens is 272 g/mol. The van der Waals surface area contributed by atoms with Crippen molar-refractivity contribution in [1.82, 2.24) is 0 Å². The lowest BCUT2D eigenvalue weighted by atomic mass is 9.93. The molecule has 120 valence electrons. The van der Waals surface area contributed by atoms with Gasteiger partial charge in [-0.2, -0.15) is 0 Å². The standard InChI is InChI=1S/C20H28O2/c1-5-6-9-16-13-18(21)17-10-12-20(4,22-19(17)14-16)11-7-8-15(2)3/h8,10,12-14,21H,5-7,9,11H2,1-4H3. The van der Waals surface area contributed by atoms with Crippen molar-refractivity contribution < 1.29 is 9.84 Å². The first-order chi connectivity index (χ1) is 10.4. The molecule has 1 aromatic rings. The van der Waals surface area contributed by atoms with E-state index in [1.807, 2.05) is 12.1 Å². The van der Waals surface area contributed by atoms with Crippen LogP contribution >= 0.6 is 0 Å². The molecule has 22 heavy (non-hydrogen) atoms. The monoisotopic (exact) mass is 300 g/mol. The zero-order chi connectivity index (χ0) is 16.2. The number of aromatic hydroxyl groups is 1. The van der Waals surface area contributed by atoms with Gasteiger partial charge in [0.05, 0.1) is 5.56 Å². The molecule has 0 saturated carbocycles. The summed E-state index contributed by atoms with van der Waals surface area (Å²) >= 11 is 0. The molecule has 0 aliphatic carbocycles. The van der Waals surface area contributed by atoms with E-state index in [0.29, 0.717) is 5.75 Å². The Morgan fingerprint density at radius 2 is 2.09 bits per heavy atom. The quantitative estimate of drug-likeness (QED) is 0.688. The molecule has 1 heterocycles. The number of aryl methyl sites for hydroxylation is 1. The summed E-state index contributed by atoms with van der Waals surface area (Å²) < 4.78 is 6.23. The molecule has 2 nitrogen and oxygen atoms in total. The van der Waals surface area contributed by atoms with Gasteiger partial charge >= 0.3 is 0 Å². The predicted molar refractivity (Wildman–Crippen MR) is 93.5 cm³/mol. The van der Waals surface area contributed by atoms with Crippen LogP contribution in [-0.4, -0.2) is 10.7 Å². The molecule has 0 radical (unpaired) electrons. The molecular formula is C20H28O2. The van der Waals surface area contributed by atoms with Crippen molar-refractivity contribution in [2.75, 3.05) is 0 Å². The molecule has 2 heteroatoms. The highest BCUT2D eigenvalue weighted by atomic mass is 16.5. The van der Waals surface area contributed by atoms with Crippen LogP contribution in [0.1, 0.15) is 64.5 Å². The summed E-state index contributed by atoms with van der Waals surface area (Å²) in [5, 5.41) is 10.2. The van der Waals surface area contributed by atoms with E-state index in [0.717, 1.165) is 49.0 Å². The first-order valence-electron chi connectivity index (χ1n) is 8.31. The van der Waals surface area contributed by atoms with Crippen molar-refractivity contribution in [3.05, 3.63) is 41.0 Å². The summed E-state index contributed by atoms with van der Waals surface area (Å²) in [5.41, 5.74) is 3.00. The summed E-state index contributed by atoms with van der Waals surface area (Å²) in [6.45, 7) is 8.53. The topological polar surface area (TPSA) is 29.5 Å². The van der Waals surface area contributed by atoms with E-state index in [1.54, 1.807) is 0 Å². The molecule has 2 rings (SSSR count). The highest BCUT2D eigenvalue weighted by Gasteiger charge is 2.28. The first-order valence-corrected chi connectivity index (χ1v) is 8.31. The van der Waals surface area contributed by atoms with Crippen LogP contribution in [0.2, 0.25) is 0 Å². The van der Waals surface area contributed by atoms with Crippen molar-refractivity contribution in [2.24, 2.45) is 0 Å². The van der Waals surface area contributed by atoms with Gasteiger partial charge in [-0.25, -0.2) is 0 Å². The van der Waals surface area contributed by atoms with E-state index >= 15 is 0 Å². The lowest BCUT2D eigenvalue weighted by molar-refractivity contribution is 0.128. The number of fused-ring (bicyclic) bond motifs is 1. The number of rotatable bonds is 6. The molecule has 0 fully saturated rings. The maximum Gasteiger partial charge on any atom is 0.131 e. The van der Waals surface area contributed by atoms with E-state index in [1.165, 1.54) is 5.57 Å². The van der Waals surface area contributed by atoms with Gasteiger partial charge in [0.1, 0.15) is 17.1 Å². The number of phenols is 1. The molecule has 1 N–H and O–H groups in total. The fourth-order valence-corrected chi connectivity index (χ4v) is 2.77. The summed E-state index contributed by atoms with van der Waals surface area (Å²) in [6, 6.07) is 3.96. The van der Waals surface area contributed by atoms with Crippen LogP contribution in [0.25, 0.3) is 6.08 Å². The number of ether oxygens (including phenoxy) is 1. The van der Waals surface area contributed by atoms with Gasteiger partial charge in [0.25, 0.3) is 0 Å². The van der Waals surface area contributed by atoms with E-state index < -0.39 is 0 Å². The van der Waals surface area contributed by atoms with Gasteiger partial charge in [0.2, 0.25) is 0 Å². The Morgan fingerprint density at radius 3 is 2.77 bits per heavy atom. The summed E-state index contributed by atoms with van der Waals surface area (Å²) in [6.07, 6.45) is 11.5. The van der Waals surface area contributed by atoms with Crippen LogP contribution in [0.3, 0.4) is 0 Å². The molecule has 0 aromatic heterocycles. The van der Waals surface area contributed by atoms with Crippen molar-refractivity contribution in [3.8, 4) is 11.5 Å². The number of benzene rings is 1. The van der Waals surface area contributed by atoms with Gasteiger partial charge in [-0.3, -0.25) is 0 Å². The molecule has 1 aliphatic heterocycles. The Morgan fingerprint density at radius 1 is 1.32 bits per heavy atom. The van der Waals surface area contributed by atoms with Crippen molar-refractivity contribution in [2.45, 2.75) is 65.4 Å². The normalized spacial score (nSPS) is 19.5. The van der Waals surface area contributed by atoms with E-state index in [-0.39, 0.29) is 5.60 Å². The molecule has 1 atom stereocenters. The second-order valence-electron chi connectivity index (χ2n) is 6.70. The zero-order valence-electron chi connectivity index (χ0n) is 14.3. The fourth-order valence-electron chi connectivity index (χ4n) is 2.77. The SMILES string of the molecule is CCCCc1cc(O)c2c(c1)OC(C)(CCC=C(C)C)C=C2. The minimum atomic E-state index is -0.297. The second kappa shape index (κ2) is 7.04. The maximum absolute atomic E-state index is 10.2. The largest absolute Gasteiger partial charge is 0.507 e. The van der Waals surface area contributed by atoms with Crippen LogP contribution in [0.5, 0.6) is 11.5 Å². The minimum Gasteiger partial charge on any atom is -0.507 e. The van der Waals surface area contributed by atoms with E-state index in [4.69, 9.17) is 4.74 Å². The van der Waals surface area contributed by atoms with Crippen molar-refractivity contribution >= 4 is 6.08 Å². The highest BCUT2D eigenvalue weighted by molar-refractivity contribution is 5.67. The second-order valence-corrected chi connectivity index (χ2v) is 6.70. The minimum absolute atomic E-state index is 0.297. The number of phenolic OH excluding ortho intramolecular Hbond substituents is 1. The van der Waals surface area contributed by atoms with Crippen LogP contribution < -0.4 is 4.74 Å². The van der Waals surface area contributed by atoms with Crippen LogP contribution in [0.15, 0.2) is 29.9 Å². The Hall–Kier alpha value is -1.70. The predicted octanol–water partition coefficient (Wildman–Crippen LogP) is 5.65. The van der Waals surface area contributed by atoms with Crippen LogP contribution in [0, 0.1) is 0 Å². The average molecular weight is 300 g/mol. The number of unbranched alkanes of at least 4 members (excludes halogenated alkanes) is 1. The molecule has 1 aromatic carbocycles. The average Bonchev–Trinajstić information content (AvgIpc) is 2.44. The van der Waals surface area contributed by atoms with Crippen molar-refractivity contribution in [1.29, 1.82) is 0 Å². The summed E-state index contributed by atoms with van der Waals surface area (Å²) in [4.78, 5) is 0. The Labute approximate surface area is 134 Å². The highest BCUT2D eigenvalue weighted by Crippen LogP contribution is 2.39. The third-order valence-corrected chi connectivity index (χ3v) is 4.14. The Kier molecular flexibility index (Phi) is 5.33. The van der Waals surface area contributed by atoms with E-state index in [2.05, 4.69) is 45.9 Å². The van der Waals surface area contributed by atoms with Gasteiger partial charge < -0.3 is 9.84 Å². The molecule has 0 amide bonds. The lowest BCUT2D eigenvalue weighted by Crippen LogP contribution is -2.31. The van der Waals surface area contributed by atoms with E-state index in [9.17, 15) is 5.11 Å². The number of hydrogen-bond donors (Lipinski definition) is 1. The first kappa shape index (κ1) is 16.7. The lowest BCUT2D eigenvalue weighted by Gasteiger charge is -2.32. The number of hydrogen-bond acceptors (Lipinski definition) is 2. The molecule has 0 bridgehead atoms. The fraction of sp³-hybridized carbons (Fsp3) is 0.500. The van der Waals surface area contributed by atoms with Gasteiger partial charge in [0.15, 0.2) is 0 Å². The molecule has 1 aliphatic rings. The van der Waals surface area contributed by atoms with Gasteiger partial charge in [0, 0.05) is 0 Å². The maximum atomic E-state index is 10.2. The van der Waals surface area contributed by atoms with Gasteiger partial charge in [-0.05, 0) is 76.3 Å². The van der Waals surface area contributed by atoms with Gasteiger partial charge in [-0.15, -0.1) is 0 Å². The van der Waals surface area contributed by atoms with Crippen molar-refractivity contribution in [3.63, 3.8) is 0 Å². The number of allylic oxidation sites excluding steroid dienone is 2.